The highest BCUT2D eigenvalue weighted by atomic mass is 14.3. The van der Waals surface area contributed by atoms with Crippen LogP contribution in [0.5, 0.6) is 0 Å². The molecule has 1 aliphatic carbocycles. The molecule has 0 heterocycles. The normalized spacial score (nSPS) is 13.6. The van der Waals surface area contributed by atoms with Crippen molar-refractivity contribution in [3.63, 3.8) is 0 Å². The molecular weight excluding hydrogens is 312 g/mol. The maximum absolute atomic E-state index is 2.61. The van der Waals surface area contributed by atoms with E-state index in [2.05, 4.69) is 50.2 Å². The predicted octanol–water partition coefficient (Wildman–Crippen LogP) is 7.70. The minimum absolute atomic E-state index is 1.25. The zero-order chi connectivity index (χ0) is 18.2. The van der Waals surface area contributed by atoms with Gasteiger partial charge in [0.15, 0.2) is 0 Å². The van der Waals surface area contributed by atoms with Crippen molar-refractivity contribution in [2.75, 3.05) is 0 Å². The smallest absolute Gasteiger partial charge is 0.0117 e. The van der Waals surface area contributed by atoms with E-state index in [0.29, 0.717) is 0 Å². The van der Waals surface area contributed by atoms with Gasteiger partial charge in [-0.25, -0.2) is 0 Å². The fourth-order valence-electron chi connectivity index (χ4n) is 4.59. The third kappa shape index (κ3) is 4.58. The van der Waals surface area contributed by atoms with Crippen LogP contribution in [0, 0.1) is 0 Å². The number of hydrogen-bond acceptors (Lipinski definition) is 0. The van der Waals surface area contributed by atoms with Gasteiger partial charge in [0.2, 0.25) is 0 Å². The molecule has 3 rings (SSSR count). The van der Waals surface area contributed by atoms with Crippen LogP contribution >= 0.6 is 0 Å². The van der Waals surface area contributed by atoms with Crippen molar-refractivity contribution in [3.8, 4) is 11.1 Å². The first-order chi connectivity index (χ1) is 12.8. The van der Waals surface area contributed by atoms with E-state index in [1.165, 1.54) is 82.6 Å². The van der Waals surface area contributed by atoms with Crippen molar-refractivity contribution in [1.82, 2.24) is 0 Å². The van der Waals surface area contributed by atoms with Gasteiger partial charge in [0.1, 0.15) is 0 Å². The largest absolute Gasteiger partial charge is 0.0654 e. The van der Waals surface area contributed by atoms with Gasteiger partial charge in [-0.05, 0) is 84.7 Å². The van der Waals surface area contributed by atoms with E-state index in [0.717, 1.165) is 0 Å². The van der Waals surface area contributed by atoms with E-state index >= 15 is 0 Å². The Morgan fingerprint density at radius 2 is 1.38 bits per heavy atom. The van der Waals surface area contributed by atoms with Crippen LogP contribution in [0.25, 0.3) is 11.1 Å². The van der Waals surface area contributed by atoms with Gasteiger partial charge in [0, 0.05) is 0 Å². The average molecular weight is 349 g/mol. The van der Waals surface area contributed by atoms with E-state index < -0.39 is 0 Å². The molecule has 0 aliphatic heterocycles. The third-order valence-electron chi connectivity index (χ3n) is 5.99. The summed E-state index contributed by atoms with van der Waals surface area (Å²) in [7, 11) is 0. The molecule has 0 saturated heterocycles. The lowest BCUT2D eigenvalue weighted by molar-refractivity contribution is 0.657. The molecule has 0 heteroatoms. The monoisotopic (exact) mass is 348 g/mol. The van der Waals surface area contributed by atoms with E-state index in [4.69, 9.17) is 0 Å². The Hall–Kier alpha value is -1.56. The second-order valence-corrected chi connectivity index (χ2v) is 8.01. The average Bonchev–Trinajstić information content (AvgIpc) is 2.70. The topological polar surface area (TPSA) is 0 Å². The highest BCUT2D eigenvalue weighted by Gasteiger charge is 2.21. The molecule has 0 nitrogen and oxygen atoms in total. The van der Waals surface area contributed by atoms with E-state index in [1.54, 1.807) is 27.8 Å². The lowest BCUT2D eigenvalue weighted by Crippen LogP contribution is -2.11. The van der Waals surface area contributed by atoms with E-state index in [9.17, 15) is 0 Å². The molecule has 0 aromatic heterocycles. The summed E-state index contributed by atoms with van der Waals surface area (Å²) in [6.45, 7) is 4.62. The fraction of sp³-hybridized carbons (Fsp3) is 0.538. The van der Waals surface area contributed by atoms with Gasteiger partial charge in [-0.2, -0.15) is 0 Å². The highest BCUT2D eigenvalue weighted by molar-refractivity contribution is 5.74. The molecule has 2 aromatic carbocycles. The zero-order valence-electron chi connectivity index (χ0n) is 16.9. The van der Waals surface area contributed by atoms with Gasteiger partial charge in [0.25, 0.3) is 0 Å². The molecule has 1 aliphatic rings. The Kier molecular flexibility index (Phi) is 7.35. The van der Waals surface area contributed by atoms with Gasteiger partial charge in [-0.15, -0.1) is 0 Å². The molecule has 0 fully saturated rings. The van der Waals surface area contributed by atoms with Gasteiger partial charge in [0.05, 0.1) is 0 Å². The lowest BCUT2D eigenvalue weighted by atomic mass is 9.79. The summed E-state index contributed by atoms with van der Waals surface area (Å²) in [5.41, 5.74) is 9.74. The maximum atomic E-state index is 2.61. The minimum Gasteiger partial charge on any atom is -0.0654 e. The number of aryl methyl sites for hydroxylation is 2. The number of hydrogen-bond donors (Lipinski definition) is 0. The summed E-state index contributed by atoms with van der Waals surface area (Å²) in [4.78, 5) is 0. The molecule has 0 bridgehead atoms. The van der Waals surface area contributed by atoms with Gasteiger partial charge < -0.3 is 0 Å². The van der Waals surface area contributed by atoms with Crippen molar-refractivity contribution in [2.24, 2.45) is 0 Å². The lowest BCUT2D eigenvalue weighted by Gasteiger charge is -2.26. The highest BCUT2D eigenvalue weighted by Crippen LogP contribution is 2.38. The quantitative estimate of drug-likeness (QED) is 0.407. The number of fused-ring (bicyclic) bond motifs is 1. The first-order valence-electron chi connectivity index (χ1n) is 11.1. The molecule has 0 radical (unpaired) electrons. The standard InChI is InChI=1S/C26H36/c1-3-5-7-9-17-23-20-22(14-6-4-2)24-18-12-13-19-25(24)26(23)21-15-10-8-11-16-21/h8,10-11,15-16,20H,3-7,9,12-14,17-19H2,1-2H3. The fourth-order valence-corrected chi connectivity index (χ4v) is 4.59. The van der Waals surface area contributed by atoms with E-state index in [-0.39, 0.29) is 0 Å². The van der Waals surface area contributed by atoms with Crippen LogP contribution in [-0.4, -0.2) is 0 Å². The van der Waals surface area contributed by atoms with Crippen LogP contribution in [0.4, 0.5) is 0 Å². The summed E-state index contributed by atoms with van der Waals surface area (Å²) in [6, 6.07) is 13.8. The first kappa shape index (κ1) is 19.2. The molecule has 0 atom stereocenters. The van der Waals surface area contributed by atoms with Crippen LogP contribution in [0.2, 0.25) is 0 Å². The van der Waals surface area contributed by atoms with Crippen molar-refractivity contribution < 1.29 is 0 Å². The Balaban J connectivity index is 2.03. The number of benzene rings is 2. The second-order valence-electron chi connectivity index (χ2n) is 8.01. The Morgan fingerprint density at radius 1 is 0.692 bits per heavy atom. The molecule has 0 unspecified atom stereocenters. The Labute approximate surface area is 161 Å². The summed E-state index contributed by atoms with van der Waals surface area (Å²) in [6.07, 6.45) is 15.8. The van der Waals surface area contributed by atoms with Crippen molar-refractivity contribution in [2.45, 2.75) is 90.9 Å². The molecule has 26 heavy (non-hydrogen) atoms. The Bertz CT molecular complexity index is 681. The van der Waals surface area contributed by atoms with Crippen molar-refractivity contribution in [1.29, 1.82) is 0 Å². The second kappa shape index (κ2) is 9.95. The predicted molar refractivity (Wildman–Crippen MR) is 115 cm³/mol. The molecule has 0 amide bonds. The molecule has 140 valence electrons. The summed E-state index contributed by atoms with van der Waals surface area (Å²) in [5, 5.41) is 0. The first-order valence-corrected chi connectivity index (χ1v) is 11.1. The molecule has 0 spiro atoms. The van der Waals surface area contributed by atoms with Crippen LogP contribution in [-0.2, 0) is 25.7 Å². The van der Waals surface area contributed by atoms with Gasteiger partial charge in [-0.1, -0.05) is 75.9 Å². The number of rotatable bonds is 9. The van der Waals surface area contributed by atoms with E-state index in [1.807, 2.05) is 0 Å². The van der Waals surface area contributed by atoms with Gasteiger partial charge >= 0.3 is 0 Å². The SMILES string of the molecule is CCCCCCc1cc(CCCC)c2c(c1-c1ccccc1)CCCC2. The van der Waals surface area contributed by atoms with Crippen LogP contribution in [0.3, 0.4) is 0 Å². The molecule has 2 aromatic rings. The van der Waals surface area contributed by atoms with Crippen molar-refractivity contribution >= 4 is 0 Å². The maximum Gasteiger partial charge on any atom is -0.0117 e. The summed E-state index contributed by atoms with van der Waals surface area (Å²) < 4.78 is 0. The molecule has 0 N–H and O–H groups in total. The number of unbranched alkanes of at least 4 members (excludes halogenated alkanes) is 4. The van der Waals surface area contributed by atoms with Crippen LogP contribution < -0.4 is 0 Å². The van der Waals surface area contributed by atoms with Crippen molar-refractivity contribution in [3.05, 3.63) is 58.7 Å². The summed E-state index contributed by atoms with van der Waals surface area (Å²) >= 11 is 0. The van der Waals surface area contributed by atoms with Crippen LogP contribution in [0.15, 0.2) is 36.4 Å². The molecule has 0 saturated carbocycles. The molecular formula is C26H36. The Morgan fingerprint density at radius 3 is 2.12 bits per heavy atom. The zero-order valence-corrected chi connectivity index (χ0v) is 16.9. The minimum atomic E-state index is 1.25. The third-order valence-corrected chi connectivity index (χ3v) is 5.99. The van der Waals surface area contributed by atoms with Gasteiger partial charge in [-0.3, -0.25) is 0 Å². The summed E-state index contributed by atoms with van der Waals surface area (Å²) in [5.74, 6) is 0. The van der Waals surface area contributed by atoms with Crippen LogP contribution in [0.1, 0.15) is 87.5 Å².